The van der Waals surface area contributed by atoms with E-state index in [-0.39, 0.29) is 5.78 Å². The van der Waals surface area contributed by atoms with Gasteiger partial charge in [-0.05, 0) is 30.3 Å². The van der Waals surface area contributed by atoms with Gasteiger partial charge in [0, 0.05) is 24.2 Å². The van der Waals surface area contributed by atoms with E-state index in [9.17, 15) is 4.79 Å². The van der Waals surface area contributed by atoms with Crippen molar-refractivity contribution in [1.82, 2.24) is 24.6 Å². The van der Waals surface area contributed by atoms with Crippen LogP contribution >= 0.6 is 11.6 Å². The largest absolute Gasteiger partial charge is 0.287 e. The van der Waals surface area contributed by atoms with Crippen LogP contribution in [0.1, 0.15) is 16.1 Å². The van der Waals surface area contributed by atoms with E-state index in [1.54, 1.807) is 53.4 Å². The number of hydrogen-bond acceptors (Lipinski definition) is 5. The molecule has 0 saturated carbocycles. The van der Waals surface area contributed by atoms with Gasteiger partial charge >= 0.3 is 0 Å². The van der Waals surface area contributed by atoms with Gasteiger partial charge in [0.25, 0.3) is 0 Å². The van der Waals surface area contributed by atoms with Gasteiger partial charge in [-0.15, -0.1) is 0 Å². The lowest BCUT2D eigenvalue weighted by Gasteiger charge is -2.05. The molecule has 7 heteroatoms. The zero-order valence-electron chi connectivity index (χ0n) is 12.3. The highest BCUT2D eigenvalue weighted by molar-refractivity contribution is 6.29. The van der Waals surface area contributed by atoms with E-state index in [4.69, 9.17) is 11.6 Å². The van der Waals surface area contributed by atoms with Crippen LogP contribution in [0.2, 0.25) is 5.15 Å². The maximum absolute atomic E-state index is 12.6. The number of nitrogens with zero attached hydrogens (tertiary/aromatic N) is 5. The van der Waals surface area contributed by atoms with Crippen molar-refractivity contribution in [3.8, 4) is 11.3 Å². The zero-order valence-corrected chi connectivity index (χ0v) is 13.1. The Morgan fingerprint density at radius 1 is 1.00 bits per heavy atom. The molecule has 0 aliphatic heterocycles. The number of fused-ring (bicyclic) bond motifs is 1. The molecule has 4 aromatic heterocycles. The number of halogens is 1. The lowest BCUT2D eigenvalue weighted by Crippen LogP contribution is -2.04. The van der Waals surface area contributed by atoms with Crippen molar-refractivity contribution in [3.05, 3.63) is 77.6 Å². The summed E-state index contributed by atoms with van der Waals surface area (Å²) in [6.07, 6.45) is 6.34. The van der Waals surface area contributed by atoms with Crippen molar-refractivity contribution in [2.75, 3.05) is 0 Å². The zero-order chi connectivity index (χ0) is 16.5. The first-order valence-electron chi connectivity index (χ1n) is 7.14. The maximum Gasteiger partial charge on any atom is 0.216 e. The van der Waals surface area contributed by atoms with Crippen LogP contribution in [0.5, 0.6) is 0 Å². The number of pyridine rings is 2. The predicted octanol–water partition coefficient (Wildman–Crippen LogP) is 3.07. The highest BCUT2D eigenvalue weighted by atomic mass is 35.5. The fourth-order valence-electron chi connectivity index (χ4n) is 2.47. The molecule has 6 nitrogen and oxygen atoms in total. The second-order valence-electron chi connectivity index (χ2n) is 5.04. The number of ketones is 1. The lowest BCUT2D eigenvalue weighted by molar-refractivity contribution is 0.103. The maximum atomic E-state index is 12.6. The minimum absolute atomic E-state index is 0.219. The molecule has 0 aliphatic rings. The van der Waals surface area contributed by atoms with Gasteiger partial charge in [0.1, 0.15) is 10.8 Å². The predicted molar refractivity (Wildman–Crippen MR) is 88.9 cm³/mol. The van der Waals surface area contributed by atoms with Crippen molar-refractivity contribution >= 4 is 23.0 Å². The quantitative estimate of drug-likeness (QED) is 0.425. The summed E-state index contributed by atoms with van der Waals surface area (Å²) in [7, 11) is 0. The van der Waals surface area contributed by atoms with Crippen molar-refractivity contribution in [2.45, 2.75) is 0 Å². The molecule has 0 unspecified atom stereocenters. The van der Waals surface area contributed by atoms with Crippen LogP contribution in [0, 0.1) is 0 Å². The van der Waals surface area contributed by atoms with Gasteiger partial charge in [0.05, 0.1) is 17.5 Å². The molecule has 4 heterocycles. The standard InChI is InChI=1S/C17H10ClN5O/c18-15-9-11(4-7-20-15)14-5-8-21-17-12(10-22-23(14)17)16(24)13-3-1-2-6-19-13/h1-10H. The second kappa shape index (κ2) is 5.82. The third-order valence-corrected chi connectivity index (χ3v) is 3.77. The lowest BCUT2D eigenvalue weighted by atomic mass is 10.1. The van der Waals surface area contributed by atoms with Crippen LogP contribution in [0.3, 0.4) is 0 Å². The molecular formula is C17H10ClN5O. The Hall–Kier alpha value is -3.12. The minimum atomic E-state index is -0.219. The molecule has 24 heavy (non-hydrogen) atoms. The Kier molecular flexibility index (Phi) is 3.51. The smallest absolute Gasteiger partial charge is 0.216 e. The molecule has 0 aliphatic carbocycles. The summed E-state index contributed by atoms with van der Waals surface area (Å²) < 4.78 is 1.61. The van der Waals surface area contributed by atoms with E-state index in [1.807, 2.05) is 6.07 Å². The monoisotopic (exact) mass is 335 g/mol. The summed E-state index contributed by atoms with van der Waals surface area (Å²) in [5.41, 5.74) is 2.82. The molecule has 0 fully saturated rings. The summed E-state index contributed by atoms with van der Waals surface area (Å²) in [5.74, 6) is -0.219. The molecule has 4 aromatic rings. The summed E-state index contributed by atoms with van der Waals surface area (Å²) in [6.45, 7) is 0. The van der Waals surface area contributed by atoms with Crippen LogP contribution in [-0.4, -0.2) is 30.3 Å². The Morgan fingerprint density at radius 2 is 1.88 bits per heavy atom. The van der Waals surface area contributed by atoms with Gasteiger partial charge in [-0.25, -0.2) is 14.5 Å². The van der Waals surface area contributed by atoms with E-state index in [1.165, 1.54) is 6.20 Å². The van der Waals surface area contributed by atoms with E-state index < -0.39 is 0 Å². The molecular weight excluding hydrogens is 326 g/mol. The number of carbonyl (C=O) groups excluding carboxylic acids is 1. The third kappa shape index (κ3) is 2.43. The number of hydrogen-bond donors (Lipinski definition) is 0. The van der Waals surface area contributed by atoms with Crippen molar-refractivity contribution in [3.63, 3.8) is 0 Å². The minimum Gasteiger partial charge on any atom is -0.287 e. The molecule has 0 aromatic carbocycles. The van der Waals surface area contributed by atoms with Crippen LogP contribution in [-0.2, 0) is 0 Å². The van der Waals surface area contributed by atoms with Gasteiger partial charge in [-0.3, -0.25) is 9.78 Å². The molecule has 0 N–H and O–H groups in total. The van der Waals surface area contributed by atoms with Gasteiger partial charge in [-0.1, -0.05) is 17.7 Å². The van der Waals surface area contributed by atoms with Crippen molar-refractivity contribution < 1.29 is 4.79 Å². The summed E-state index contributed by atoms with van der Waals surface area (Å²) >= 11 is 5.96. The van der Waals surface area contributed by atoms with Crippen LogP contribution in [0.25, 0.3) is 16.9 Å². The average Bonchev–Trinajstić information content (AvgIpc) is 3.06. The van der Waals surface area contributed by atoms with Gasteiger partial charge < -0.3 is 0 Å². The van der Waals surface area contributed by atoms with Gasteiger partial charge in [-0.2, -0.15) is 5.10 Å². The van der Waals surface area contributed by atoms with Gasteiger partial charge in [0.2, 0.25) is 5.78 Å². The third-order valence-electron chi connectivity index (χ3n) is 3.57. The Labute approximate surface area is 141 Å². The number of carbonyl (C=O) groups is 1. The van der Waals surface area contributed by atoms with E-state index >= 15 is 0 Å². The Morgan fingerprint density at radius 3 is 2.67 bits per heavy atom. The fraction of sp³-hybridized carbons (Fsp3) is 0. The van der Waals surface area contributed by atoms with Crippen molar-refractivity contribution in [1.29, 1.82) is 0 Å². The second-order valence-corrected chi connectivity index (χ2v) is 5.42. The fourth-order valence-corrected chi connectivity index (χ4v) is 2.64. The van der Waals surface area contributed by atoms with Gasteiger partial charge in [0.15, 0.2) is 5.65 Å². The highest BCUT2D eigenvalue weighted by Gasteiger charge is 2.18. The summed E-state index contributed by atoms with van der Waals surface area (Å²) in [6, 6.07) is 10.6. The molecule has 0 saturated heterocycles. The Bertz CT molecular complexity index is 1050. The number of rotatable bonds is 3. The molecule has 0 radical (unpaired) electrons. The molecule has 0 atom stereocenters. The first-order chi connectivity index (χ1) is 11.7. The molecule has 0 spiro atoms. The van der Waals surface area contributed by atoms with E-state index in [0.29, 0.717) is 22.1 Å². The first-order valence-corrected chi connectivity index (χ1v) is 7.52. The highest BCUT2D eigenvalue weighted by Crippen LogP contribution is 2.23. The topological polar surface area (TPSA) is 73.0 Å². The summed E-state index contributed by atoms with van der Waals surface area (Å²) in [4.78, 5) is 25.0. The molecule has 4 rings (SSSR count). The summed E-state index contributed by atoms with van der Waals surface area (Å²) in [5, 5.41) is 4.70. The normalized spacial score (nSPS) is 10.9. The van der Waals surface area contributed by atoms with Crippen LogP contribution in [0.15, 0.2) is 61.2 Å². The SMILES string of the molecule is O=C(c1ccccn1)c1cnn2c(-c3ccnc(Cl)c3)ccnc12. The molecule has 116 valence electrons. The number of aromatic nitrogens is 5. The van der Waals surface area contributed by atoms with E-state index in [0.717, 1.165) is 11.3 Å². The Balaban J connectivity index is 1.87. The van der Waals surface area contributed by atoms with Crippen LogP contribution < -0.4 is 0 Å². The first kappa shape index (κ1) is 14.5. The van der Waals surface area contributed by atoms with E-state index in [2.05, 4.69) is 20.1 Å². The van der Waals surface area contributed by atoms with Crippen molar-refractivity contribution in [2.24, 2.45) is 0 Å². The molecule has 0 amide bonds. The van der Waals surface area contributed by atoms with Crippen LogP contribution in [0.4, 0.5) is 0 Å². The average molecular weight is 336 g/mol. The molecule has 0 bridgehead atoms.